The second kappa shape index (κ2) is 10.6. The highest BCUT2D eigenvalue weighted by atomic mass is 19.1. The number of hydrogen-bond acceptors (Lipinski definition) is 8. The number of carbonyl (C=O) groups is 1. The van der Waals surface area contributed by atoms with Crippen molar-refractivity contribution in [2.45, 2.75) is 19.3 Å². The molecule has 0 fully saturated rings. The van der Waals surface area contributed by atoms with Crippen LogP contribution in [0, 0.1) is 5.82 Å². The first kappa shape index (κ1) is 23.0. The fraction of sp³-hybridized carbons (Fsp3) is 0.286. The van der Waals surface area contributed by atoms with Crippen molar-refractivity contribution in [3.63, 3.8) is 0 Å². The zero-order chi connectivity index (χ0) is 23.1. The van der Waals surface area contributed by atoms with Gasteiger partial charge in [0.2, 0.25) is 5.95 Å². The molecular formula is C21H24FN5O5. The first-order valence-electron chi connectivity index (χ1n) is 9.68. The maximum absolute atomic E-state index is 14.5. The van der Waals surface area contributed by atoms with Crippen LogP contribution < -0.4 is 20.1 Å². The predicted octanol–water partition coefficient (Wildman–Crippen LogP) is 1.46. The van der Waals surface area contributed by atoms with Gasteiger partial charge in [0, 0.05) is 30.6 Å². The van der Waals surface area contributed by atoms with Crippen LogP contribution in [-0.2, 0) is 13.2 Å². The van der Waals surface area contributed by atoms with Crippen molar-refractivity contribution < 1.29 is 28.9 Å². The number of methoxy groups -OCH3 is 1. The van der Waals surface area contributed by atoms with Gasteiger partial charge in [0.05, 0.1) is 44.4 Å². The summed E-state index contributed by atoms with van der Waals surface area (Å²) in [6.45, 7) is -0.217. The van der Waals surface area contributed by atoms with Crippen LogP contribution in [0.3, 0.4) is 0 Å². The van der Waals surface area contributed by atoms with Gasteiger partial charge in [-0.1, -0.05) is 0 Å². The molecule has 11 heteroatoms. The lowest BCUT2D eigenvalue weighted by Gasteiger charge is -2.12. The van der Waals surface area contributed by atoms with Gasteiger partial charge in [-0.3, -0.25) is 4.79 Å². The van der Waals surface area contributed by atoms with Gasteiger partial charge in [-0.15, -0.1) is 0 Å². The van der Waals surface area contributed by atoms with E-state index in [2.05, 4.69) is 20.6 Å². The van der Waals surface area contributed by atoms with Gasteiger partial charge in [-0.05, 0) is 18.2 Å². The summed E-state index contributed by atoms with van der Waals surface area (Å²) in [4.78, 5) is 20.2. The molecular weight excluding hydrogens is 421 g/mol. The number of nitrogens with one attached hydrogen (secondary N) is 2. The normalized spacial score (nSPS) is 11.7. The average molecular weight is 445 g/mol. The SMILES string of the molecule is CNC(=O)c1cc(COc2cnc(Nc3ccn(C[C@@H](O)CO)c3)nc2)c(F)c(OC)c1. The van der Waals surface area contributed by atoms with E-state index in [9.17, 15) is 14.3 Å². The molecule has 2 aromatic heterocycles. The number of halogens is 1. The lowest BCUT2D eigenvalue weighted by atomic mass is 10.1. The van der Waals surface area contributed by atoms with Crippen LogP contribution in [0.4, 0.5) is 16.0 Å². The van der Waals surface area contributed by atoms with Crippen LogP contribution in [0.5, 0.6) is 11.5 Å². The Bertz CT molecular complexity index is 1060. The minimum Gasteiger partial charge on any atom is -0.494 e. The Labute approximate surface area is 183 Å². The molecule has 10 nitrogen and oxygen atoms in total. The highest BCUT2D eigenvalue weighted by Crippen LogP contribution is 2.24. The van der Waals surface area contributed by atoms with Crippen LogP contribution in [-0.4, -0.2) is 57.5 Å². The summed E-state index contributed by atoms with van der Waals surface area (Å²) in [5.74, 6) is -0.424. The Morgan fingerprint density at radius 1 is 1.31 bits per heavy atom. The summed E-state index contributed by atoms with van der Waals surface area (Å²) in [6, 6.07) is 4.48. The molecule has 0 aliphatic rings. The number of carbonyl (C=O) groups excluding carboxylic acids is 1. The molecule has 0 spiro atoms. The third-order valence-corrected chi connectivity index (χ3v) is 4.49. The van der Waals surface area contributed by atoms with Crippen LogP contribution in [0.1, 0.15) is 15.9 Å². The Balaban J connectivity index is 1.63. The van der Waals surface area contributed by atoms with Gasteiger partial charge in [-0.2, -0.15) is 0 Å². The number of hydrogen-bond donors (Lipinski definition) is 4. The average Bonchev–Trinajstić information content (AvgIpc) is 3.25. The molecule has 4 N–H and O–H groups in total. The highest BCUT2D eigenvalue weighted by molar-refractivity contribution is 5.94. The van der Waals surface area contributed by atoms with E-state index in [0.717, 1.165) is 0 Å². The number of aliphatic hydroxyl groups excluding tert-OH is 2. The summed E-state index contributed by atoms with van der Waals surface area (Å²) < 4.78 is 26.8. The molecule has 0 bridgehead atoms. The molecule has 170 valence electrons. The van der Waals surface area contributed by atoms with E-state index in [-0.39, 0.29) is 42.5 Å². The molecule has 0 saturated carbocycles. The summed E-state index contributed by atoms with van der Waals surface area (Å²) in [6.07, 6.45) is 5.50. The van der Waals surface area contributed by atoms with E-state index in [4.69, 9.17) is 14.6 Å². The van der Waals surface area contributed by atoms with Crippen LogP contribution in [0.15, 0.2) is 43.0 Å². The van der Waals surface area contributed by atoms with Crippen molar-refractivity contribution in [1.82, 2.24) is 19.9 Å². The van der Waals surface area contributed by atoms with Crippen molar-refractivity contribution in [3.05, 3.63) is 59.9 Å². The van der Waals surface area contributed by atoms with Gasteiger partial charge >= 0.3 is 0 Å². The molecule has 0 aliphatic carbocycles. The number of rotatable bonds is 10. The molecule has 2 heterocycles. The second-order valence-corrected chi connectivity index (χ2v) is 6.82. The fourth-order valence-corrected chi connectivity index (χ4v) is 2.86. The van der Waals surface area contributed by atoms with Gasteiger partial charge in [0.15, 0.2) is 17.3 Å². The summed E-state index contributed by atoms with van der Waals surface area (Å²) in [5, 5.41) is 23.9. The highest BCUT2D eigenvalue weighted by Gasteiger charge is 2.16. The predicted molar refractivity (Wildman–Crippen MR) is 114 cm³/mol. The Kier molecular flexibility index (Phi) is 7.58. The third kappa shape index (κ3) is 5.71. The van der Waals surface area contributed by atoms with Gasteiger partial charge in [0.1, 0.15) is 6.61 Å². The standard InChI is InChI=1S/C21H24FN5O5/c1-23-20(30)13-5-14(19(22)18(6-13)31-2)12-32-17-7-24-21(25-8-17)26-15-3-4-27(9-15)10-16(29)11-28/h3-9,16,28-29H,10-12H2,1-2H3,(H,23,30)(H,24,25,26)/t16-/m1/s1. The lowest BCUT2D eigenvalue weighted by molar-refractivity contribution is 0.0813. The zero-order valence-electron chi connectivity index (χ0n) is 17.6. The smallest absolute Gasteiger partial charge is 0.251 e. The number of benzene rings is 1. The van der Waals surface area contributed by atoms with E-state index < -0.39 is 11.9 Å². The van der Waals surface area contributed by atoms with Gasteiger partial charge in [0.25, 0.3) is 5.91 Å². The maximum atomic E-state index is 14.5. The molecule has 3 aromatic rings. The monoisotopic (exact) mass is 445 g/mol. The Hall–Kier alpha value is -3.70. The van der Waals surface area contributed by atoms with E-state index in [1.165, 1.54) is 38.7 Å². The van der Waals surface area contributed by atoms with Crippen molar-refractivity contribution in [2.24, 2.45) is 0 Å². The molecule has 0 radical (unpaired) electrons. The topological polar surface area (TPSA) is 131 Å². The maximum Gasteiger partial charge on any atom is 0.251 e. The largest absolute Gasteiger partial charge is 0.494 e. The molecule has 0 aliphatic heterocycles. The van der Waals surface area contributed by atoms with Gasteiger partial charge < -0.3 is 34.9 Å². The molecule has 0 saturated heterocycles. The summed E-state index contributed by atoms with van der Waals surface area (Å²) in [5.41, 5.74) is 1.10. The molecule has 1 atom stereocenters. The minimum atomic E-state index is -0.843. The minimum absolute atomic E-state index is 0.0565. The molecule has 3 rings (SSSR count). The number of ether oxygens (including phenoxy) is 2. The number of aliphatic hydroxyl groups is 2. The van der Waals surface area contributed by atoms with E-state index in [1.54, 1.807) is 23.0 Å². The number of aromatic nitrogens is 3. The fourth-order valence-electron chi connectivity index (χ4n) is 2.86. The zero-order valence-corrected chi connectivity index (χ0v) is 17.6. The number of amides is 1. The molecule has 0 unspecified atom stereocenters. The van der Waals surface area contributed by atoms with Crippen LogP contribution in [0.25, 0.3) is 0 Å². The first-order chi connectivity index (χ1) is 15.4. The van der Waals surface area contributed by atoms with E-state index in [0.29, 0.717) is 17.4 Å². The number of nitrogens with zero attached hydrogens (tertiary/aromatic N) is 3. The van der Waals surface area contributed by atoms with E-state index >= 15 is 0 Å². The molecule has 1 amide bonds. The summed E-state index contributed by atoms with van der Waals surface area (Å²) in [7, 11) is 2.80. The Morgan fingerprint density at radius 2 is 2.06 bits per heavy atom. The van der Waals surface area contributed by atoms with E-state index in [1.807, 2.05) is 0 Å². The third-order valence-electron chi connectivity index (χ3n) is 4.49. The Morgan fingerprint density at radius 3 is 2.72 bits per heavy atom. The quantitative estimate of drug-likeness (QED) is 0.369. The number of anilines is 2. The lowest BCUT2D eigenvalue weighted by Crippen LogP contribution is -2.18. The molecule has 32 heavy (non-hydrogen) atoms. The second-order valence-electron chi connectivity index (χ2n) is 6.82. The van der Waals surface area contributed by atoms with Crippen molar-refractivity contribution >= 4 is 17.5 Å². The van der Waals surface area contributed by atoms with Crippen LogP contribution >= 0.6 is 0 Å². The van der Waals surface area contributed by atoms with Crippen LogP contribution in [0.2, 0.25) is 0 Å². The summed E-state index contributed by atoms with van der Waals surface area (Å²) >= 11 is 0. The van der Waals surface area contributed by atoms with Crippen molar-refractivity contribution in [2.75, 3.05) is 26.1 Å². The molecule has 1 aromatic carbocycles. The first-order valence-corrected chi connectivity index (χ1v) is 9.68. The van der Waals surface area contributed by atoms with Crippen molar-refractivity contribution in [3.8, 4) is 11.5 Å². The van der Waals surface area contributed by atoms with Crippen molar-refractivity contribution in [1.29, 1.82) is 0 Å². The van der Waals surface area contributed by atoms with Gasteiger partial charge in [-0.25, -0.2) is 14.4 Å².